The van der Waals surface area contributed by atoms with Crippen LogP contribution >= 0.6 is 0 Å². The average molecular weight is 248 g/mol. The minimum absolute atomic E-state index is 0.0452. The summed E-state index contributed by atoms with van der Waals surface area (Å²) in [5, 5.41) is 7.53. The number of nitrogens with one attached hydrogen (secondary N) is 1. The van der Waals surface area contributed by atoms with Gasteiger partial charge in [-0.1, -0.05) is 0 Å². The number of likely N-dealkylation sites (N-methyl/N-ethyl adjacent to an activating group) is 1. The molecule has 2 rings (SSSR count). The van der Waals surface area contributed by atoms with Crippen LogP contribution in [0.3, 0.4) is 0 Å². The standard InChI is InChI=1S/C13H20N4O/c1-17(7-8-18-9-10-4-5-10)13-11(12(14)15)3-2-6-16-13/h2-3,6,10H,4-5,7-9H2,1H3,(H3,14,15). The first-order valence-corrected chi connectivity index (χ1v) is 6.26. The molecule has 18 heavy (non-hydrogen) atoms. The van der Waals surface area contributed by atoms with Crippen LogP contribution in [0.2, 0.25) is 0 Å². The lowest BCUT2D eigenvalue weighted by Gasteiger charge is -2.20. The summed E-state index contributed by atoms with van der Waals surface area (Å²) in [7, 11) is 1.94. The summed E-state index contributed by atoms with van der Waals surface area (Å²) in [4.78, 5) is 6.25. The molecule has 1 aliphatic rings. The van der Waals surface area contributed by atoms with Crippen LogP contribution in [0.5, 0.6) is 0 Å². The van der Waals surface area contributed by atoms with Crippen molar-refractivity contribution in [2.45, 2.75) is 12.8 Å². The summed E-state index contributed by atoms with van der Waals surface area (Å²) in [5.41, 5.74) is 6.21. The minimum Gasteiger partial charge on any atom is -0.384 e. The van der Waals surface area contributed by atoms with Gasteiger partial charge in [-0.3, -0.25) is 5.41 Å². The number of amidine groups is 1. The molecule has 1 fully saturated rings. The van der Waals surface area contributed by atoms with Gasteiger partial charge in [-0.25, -0.2) is 4.98 Å². The van der Waals surface area contributed by atoms with Gasteiger partial charge in [0.25, 0.3) is 0 Å². The SMILES string of the molecule is CN(CCOCC1CC1)c1ncccc1C(=N)N. The van der Waals surface area contributed by atoms with Crippen molar-refractivity contribution in [3.05, 3.63) is 23.9 Å². The molecular formula is C13H20N4O. The van der Waals surface area contributed by atoms with E-state index in [2.05, 4.69) is 4.98 Å². The smallest absolute Gasteiger partial charge is 0.139 e. The van der Waals surface area contributed by atoms with Gasteiger partial charge in [0.2, 0.25) is 0 Å². The molecule has 1 heterocycles. The number of hydrogen-bond donors (Lipinski definition) is 2. The van der Waals surface area contributed by atoms with E-state index in [1.807, 2.05) is 18.0 Å². The number of aromatic nitrogens is 1. The number of rotatable bonds is 7. The van der Waals surface area contributed by atoms with E-state index in [9.17, 15) is 0 Å². The topological polar surface area (TPSA) is 75.2 Å². The van der Waals surface area contributed by atoms with Crippen molar-refractivity contribution >= 4 is 11.7 Å². The van der Waals surface area contributed by atoms with Crippen LogP contribution < -0.4 is 10.6 Å². The van der Waals surface area contributed by atoms with Crippen molar-refractivity contribution in [3.8, 4) is 0 Å². The zero-order valence-electron chi connectivity index (χ0n) is 10.7. The van der Waals surface area contributed by atoms with Crippen molar-refractivity contribution < 1.29 is 4.74 Å². The predicted molar refractivity (Wildman–Crippen MR) is 72.1 cm³/mol. The fourth-order valence-corrected chi connectivity index (χ4v) is 1.75. The molecule has 1 aliphatic carbocycles. The Hall–Kier alpha value is -1.62. The van der Waals surface area contributed by atoms with Gasteiger partial charge in [-0.05, 0) is 30.9 Å². The first-order valence-electron chi connectivity index (χ1n) is 6.26. The quantitative estimate of drug-likeness (QED) is 0.432. The maximum atomic E-state index is 7.53. The molecule has 3 N–H and O–H groups in total. The van der Waals surface area contributed by atoms with Gasteiger partial charge < -0.3 is 15.4 Å². The molecular weight excluding hydrogens is 228 g/mol. The second-order valence-corrected chi connectivity index (χ2v) is 4.73. The molecule has 5 heteroatoms. The Morgan fingerprint density at radius 1 is 1.61 bits per heavy atom. The van der Waals surface area contributed by atoms with Crippen molar-refractivity contribution in [3.63, 3.8) is 0 Å². The van der Waals surface area contributed by atoms with Crippen LogP contribution in [-0.2, 0) is 4.74 Å². The Bertz CT molecular complexity index is 417. The summed E-state index contributed by atoms with van der Waals surface area (Å²) in [6, 6.07) is 3.60. The van der Waals surface area contributed by atoms with Crippen molar-refractivity contribution in [1.29, 1.82) is 5.41 Å². The van der Waals surface area contributed by atoms with Gasteiger partial charge in [0, 0.05) is 26.4 Å². The number of nitrogens with two attached hydrogens (primary N) is 1. The molecule has 1 aromatic rings. The number of nitrogens with zero attached hydrogens (tertiary/aromatic N) is 2. The second kappa shape index (κ2) is 5.82. The number of anilines is 1. The van der Waals surface area contributed by atoms with E-state index in [4.69, 9.17) is 15.9 Å². The summed E-state index contributed by atoms with van der Waals surface area (Å²) in [5.74, 6) is 1.57. The molecule has 0 radical (unpaired) electrons. The monoisotopic (exact) mass is 248 g/mol. The minimum atomic E-state index is 0.0452. The lowest BCUT2D eigenvalue weighted by molar-refractivity contribution is 0.131. The van der Waals surface area contributed by atoms with Crippen LogP contribution in [0.4, 0.5) is 5.82 Å². The highest BCUT2D eigenvalue weighted by Gasteiger charge is 2.21. The average Bonchev–Trinajstić information content (AvgIpc) is 3.18. The third-order valence-electron chi connectivity index (χ3n) is 3.06. The summed E-state index contributed by atoms with van der Waals surface area (Å²) >= 11 is 0. The molecule has 0 bridgehead atoms. The second-order valence-electron chi connectivity index (χ2n) is 4.73. The largest absolute Gasteiger partial charge is 0.384 e. The Labute approximate surface area is 107 Å². The Kier molecular flexibility index (Phi) is 4.15. The van der Waals surface area contributed by atoms with E-state index in [-0.39, 0.29) is 5.84 Å². The van der Waals surface area contributed by atoms with Gasteiger partial charge >= 0.3 is 0 Å². The predicted octanol–water partition coefficient (Wildman–Crippen LogP) is 1.23. The van der Waals surface area contributed by atoms with Crippen LogP contribution in [0, 0.1) is 11.3 Å². The Balaban J connectivity index is 1.86. The molecule has 0 aliphatic heterocycles. The van der Waals surface area contributed by atoms with Gasteiger partial charge in [0.05, 0.1) is 12.2 Å². The van der Waals surface area contributed by atoms with Crippen LogP contribution in [0.1, 0.15) is 18.4 Å². The third-order valence-corrected chi connectivity index (χ3v) is 3.06. The zero-order chi connectivity index (χ0) is 13.0. The zero-order valence-corrected chi connectivity index (χ0v) is 10.7. The highest BCUT2D eigenvalue weighted by Crippen LogP contribution is 2.28. The Morgan fingerprint density at radius 3 is 3.06 bits per heavy atom. The molecule has 0 aromatic carbocycles. The highest BCUT2D eigenvalue weighted by atomic mass is 16.5. The Morgan fingerprint density at radius 2 is 2.39 bits per heavy atom. The highest BCUT2D eigenvalue weighted by molar-refractivity contribution is 5.99. The normalized spacial score (nSPS) is 14.5. The summed E-state index contributed by atoms with van der Waals surface area (Å²) in [6.07, 6.45) is 4.33. The fourth-order valence-electron chi connectivity index (χ4n) is 1.75. The first kappa shape index (κ1) is 12.8. The molecule has 1 saturated carbocycles. The van der Waals surface area contributed by atoms with Crippen molar-refractivity contribution in [1.82, 2.24) is 4.98 Å². The van der Waals surface area contributed by atoms with E-state index in [0.29, 0.717) is 12.2 Å². The van der Waals surface area contributed by atoms with Gasteiger partial charge in [0.1, 0.15) is 11.7 Å². The molecule has 1 aromatic heterocycles. The third kappa shape index (κ3) is 3.43. The molecule has 0 spiro atoms. The number of nitrogen functional groups attached to an aromatic ring is 1. The molecule has 0 amide bonds. The summed E-state index contributed by atoms with van der Waals surface area (Å²) < 4.78 is 5.60. The lowest BCUT2D eigenvalue weighted by atomic mass is 10.2. The molecule has 98 valence electrons. The van der Waals surface area contributed by atoms with Gasteiger partial charge in [0.15, 0.2) is 0 Å². The maximum Gasteiger partial charge on any atom is 0.139 e. The van der Waals surface area contributed by atoms with Crippen molar-refractivity contribution in [2.75, 3.05) is 31.7 Å². The fraction of sp³-hybridized carbons (Fsp3) is 0.538. The number of hydrogen-bond acceptors (Lipinski definition) is 4. The van der Waals surface area contributed by atoms with Crippen LogP contribution in [-0.4, -0.2) is 37.6 Å². The number of ether oxygens (including phenoxy) is 1. The summed E-state index contributed by atoms with van der Waals surface area (Å²) in [6.45, 7) is 2.31. The van der Waals surface area contributed by atoms with Crippen LogP contribution in [0.25, 0.3) is 0 Å². The van der Waals surface area contributed by atoms with E-state index < -0.39 is 0 Å². The van der Waals surface area contributed by atoms with E-state index in [1.165, 1.54) is 12.8 Å². The van der Waals surface area contributed by atoms with E-state index in [0.717, 1.165) is 24.9 Å². The maximum absolute atomic E-state index is 7.53. The van der Waals surface area contributed by atoms with Crippen LogP contribution in [0.15, 0.2) is 18.3 Å². The molecule has 0 saturated heterocycles. The first-order chi connectivity index (χ1) is 8.68. The van der Waals surface area contributed by atoms with E-state index in [1.54, 1.807) is 12.3 Å². The van der Waals surface area contributed by atoms with E-state index >= 15 is 0 Å². The van der Waals surface area contributed by atoms with Crippen molar-refractivity contribution in [2.24, 2.45) is 11.7 Å². The lowest BCUT2D eigenvalue weighted by Crippen LogP contribution is -2.27. The molecule has 0 atom stereocenters. The van der Waals surface area contributed by atoms with Gasteiger partial charge in [-0.2, -0.15) is 0 Å². The number of pyridine rings is 1. The molecule has 5 nitrogen and oxygen atoms in total. The van der Waals surface area contributed by atoms with Gasteiger partial charge in [-0.15, -0.1) is 0 Å². The molecule has 0 unspecified atom stereocenters.